The van der Waals surface area contributed by atoms with Gasteiger partial charge in [-0.1, -0.05) is 54.6 Å². The Hall–Kier alpha value is -3.05. The van der Waals surface area contributed by atoms with Gasteiger partial charge in [0.2, 0.25) is 11.8 Å². The summed E-state index contributed by atoms with van der Waals surface area (Å²) in [5, 5.41) is 2.99. The molecule has 4 rings (SSSR count). The van der Waals surface area contributed by atoms with E-state index in [4.69, 9.17) is 0 Å². The van der Waals surface area contributed by atoms with Gasteiger partial charge in [0.05, 0.1) is 5.69 Å². The number of hydrogen-bond acceptors (Lipinski definition) is 3. The highest BCUT2D eigenvalue weighted by Gasteiger charge is 2.30. The third-order valence-electron chi connectivity index (χ3n) is 5.44. The van der Waals surface area contributed by atoms with Gasteiger partial charge in [0.25, 0.3) is 0 Å². The van der Waals surface area contributed by atoms with Gasteiger partial charge in [0.15, 0.2) is 0 Å². The molecular weight excluding hydrogens is 392 g/mol. The largest absolute Gasteiger partial charge is 0.324 e. The minimum absolute atomic E-state index is 0.00863. The van der Waals surface area contributed by atoms with E-state index < -0.39 is 0 Å². The van der Waals surface area contributed by atoms with Crippen LogP contribution in [0.2, 0.25) is 0 Å². The van der Waals surface area contributed by atoms with Crippen LogP contribution < -0.4 is 10.2 Å². The van der Waals surface area contributed by atoms with Crippen molar-refractivity contribution in [1.29, 1.82) is 0 Å². The van der Waals surface area contributed by atoms with E-state index in [0.717, 1.165) is 33.0 Å². The Morgan fingerprint density at radius 3 is 2.53 bits per heavy atom. The number of rotatable bonds is 4. The summed E-state index contributed by atoms with van der Waals surface area (Å²) in [7, 11) is 0. The van der Waals surface area contributed by atoms with E-state index in [1.165, 1.54) is 0 Å². The number of carbonyl (C=O) groups is 2. The standard InChI is InChI=1S/C25H24N2O2S/c1-17-9-8-12-20(18(17)2)26-24(28)16-27-21-13-6-7-14-22(21)30-23(15-25(27)29)19-10-4-3-5-11-19/h3-14,23H,15-16H2,1-2H3,(H,26,28). The first-order chi connectivity index (χ1) is 14.5. The molecule has 0 saturated heterocycles. The Labute approximate surface area is 181 Å². The minimum Gasteiger partial charge on any atom is -0.324 e. The lowest BCUT2D eigenvalue weighted by Crippen LogP contribution is -2.38. The van der Waals surface area contributed by atoms with Crippen molar-refractivity contribution in [3.8, 4) is 0 Å². The molecule has 30 heavy (non-hydrogen) atoms. The zero-order chi connectivity index (χ0) is 21.1. The second-order valence-electron chi connectivity index (χ2n) is 7.46. The maximum atomic E-state index is 13.2. The fourth-order valence-electron chi connectivity index (χ4n) is 3.62. The van der Waals surface area contributed by atoms with E-state index in [2.05, 4.69) is 17.4 Å². The average molecular weight is 417 g/mol. The van der Waals surface area contributed by atoms with Crippen molar-refractivity contribution >= 4 is 35.0 Å². The average Bonchev–Trinajstić information content (AvgIpc) is 2.89. The predicted molar refractivity (Wildman–Crippen MR) is 123 cm³/mol. The molecule has 152 valence electrons. The molecule has 2 amide bonds. The number of benzene rings is 3. The SMILES string of the molecule is Cc1cccc(NC(=O)CN2C(=O)CC(c3ccccc3)Sc3ccccc32)c1C. The zero-order valence-electron chi connectivity index (χ0n) is 17.1. The molecular formula is C25H24N2O2S. The van der Waals surface area contributed by atoms with Crippen LogP contribution in [0.5, 0.6) is 0 Å². The van der Waals surface area contributed by atoms with Crippen molar-refractivity contribution in [3.05, 3.63) is 89.5 Å². The molecule has 0 aliphatic carbocycles. The number of hydrogen-bond donors (Lipinski definition) is 1. The van der Waals surface area contributed by atoms with Gasteiger partial charge in [-0.05, 0) is 48.7 Å². The molecule has 3 aromatic rings. The van der Waals surface area contributed by atoms with Crippen LogP contribution in [0.4, 0.5) is 11.4 Å². The van der Waals surface area contributed by atoms with Gasteiger partial charge in [0.1, 0.15) is 6.54 Å². The molecule has 0 radical (unpaired) electrons. The highest BCUT2D eigenvalue weighted by atomic mass is 32.2. The topological polar surface area (TPSA) is 49.4 Å². The zero-order valence-corrected chi connectivity index (χ0v) is 17.9. The first-order valence-corrected chi connectivity index (χ1v) is 10.9. The lowest BCUT2D eigenvalue weighted by Gasteiger charge is -2.22. The van der Waals surface area contributed by atoms with Crippen LogP contribution in [-0.2, 0) is 9.59 Å². The van der Waals surface area contributed by atoms with Crippen LogP contribution in [0.15, 0.2) is 77.7 Å². The molecule has 0 saturated carbocycles. The van der Waals surface area contributed by atoms with Crippen LogP contribution >= 0.6 is 11.8 Å². The molecule has 0 fully saturated rings. The summed E-state index contributed by atoms with van der Waals surface area (Å²) in [6, 6.07) is 23.7. The molecule has 0 bridgehead atoms. The molecule has 1 atom stereocenters. The lowest BCUT2D eigenvalue weighted by molar-refractivity contribution is -0.121. The number of para-hydroxylation sites is 1. The second-order valence-corrected chi connectivity index (χ2v) is 8.71. The van der Waals surface area contributed by atoms with Crippen molar-refractivity contribution in [2.24, 2.45) is 0 Å². The fourth-order valence-corrected chi connectivity index (χ4v) is 4.91. The fraction of sp³-hybridized carbons (Fsp3) is 0.200. The maximum absolute atomic E-state index is 13.2. The Kier molecular flexibility index (Phi) is 5.91. The quantitative estimate of drug-likeness (QED) is 0.610. The summed E-state index contributed by atoms with van der Waals surface area (Å²) in [4.78, 5) is 28.7. The van der Waals surface area contributed by atoms with Crippen LogP contribution in [0.25, 0.3) is 0 Å². The smallest absolute Gasteiger partial charge is 0.244 e. The normalized spacial score (nSPS) is 16.0. The van der Waals surface area contributed by atoms with Gasteiger partial charge in [-0.2, -0.15) is 0 Å². The molecule has 1 heterocycles. The van der Waals surface area contributed by atoms with E-state index in [-0.39, 0.29) is 23.6 Å². The van der Waals surface area contributed by atoms with Gasteiger partial charge in [-0.3, -0.25) is 9.59 Å². The number of aryl methyl sites for hydroxylation is 1. The Balaban J connectivity index is 1.59. The molecule has 5 heteroatoms. The summed E-state index contributed by atoms with van der Waals surface area (Å²) in [6.45, 7) is 3.99. The van der Waals surface area contributed by atoms with E-state index in [9.17, 15) is 9.59 Å². The van der Waals surface area contributed by atoms with Crippen molar-refractivity contribution in [1.82, 2.24) is 0 Å². The van der Waals surface area contributed by atoms with Gasteiger partial charge >= 0.3 is 0 Å². The van der Waals surface area contributed by atoms with Gasteiger partial charge in [0, 0.05) is 22.3 Å². The van der Waals surface area contributed by atoms with Crippen molar-refractivity contribution in [2.75, 3.05) is 16.8 Å². The summed E-state index contributed by atoms with van der Waals surface area (Å²) < 4.78 is 0. The second kappa shape index (κ2) is 8.76. The minimum atomic E-state index is -0.199. The molecule has 1 aliphatic heterocycles. The summed E-state index contributed by atoms with van der Waals surface area (Å²) >= 11 is 1.68. The number of nitrogens with zero attached hydrogens (tertiary/aromatic N) is 1. The number of amides is 2. The highest BCUT2D eigenvalue weighted by Crippen LogP contribution is 2.45. The predicted octanol–water partition coefficient (Wildman–Crippen LogP) is 5.51. The van der Waals surface area contributed by atoms with Crippen molar-refractivity contribution in [3.63, 3.8) is 0 Å². The van der Waals surface area contributed by atoms with Crippen LogP contribution in [0, 0.1) is 13.8 Å². The first-order valence-electron chi connectivity index (χ1n) is 10.00. The lowest BCUT2D eigenvalue weighted by atomic mass is 10.1. The summed E-state index contributed by atoms with van der Waals surface area (Å²) in [5.41, 5.74) is 4.85. The van der Waals surface area contributed by atoms with Crippen LogP contribution in [-0.4, -0.2) is 18.4 Å². The maximum Gasteiger partial charge on any atom is 0.244 e. The molecule has 0 spiro atoms. The molecule has 1 unspecified atom stereocenters. The monoisotopic (exact) mass is 416 g/mol. The van der Waals surface area contributed by atoms with E-state index in [1.54, 1.807) is 16.7 Å². The molecule has 0 aromatic heterocycles. The Bertz CT molecular complexity index is 1080. The highest BCUT2D eigenvalue weighted by molar-refractivity contribution is 7.99. The molecule has 1 aliphatic rings. The summed E-state index contributed by atoms with van der Waals surface area (Å²) in [6.07, 6.45) is 0.347. The number of thioether (sulfide) groups is 1. The summed E-state index contributed by atoms with van der Waals surface area (Å²) in [5.74, 6) is -0.243. The van der Waals surface area contributed by atoms with Gasteiger partial charge in [-0.25, -0.2) is 0 Å². The molecule has 3 aromatic carbocycles. The third kappa shape index (κ3) is 4.26. The van der Waals surface area contributed by atoms with Crippen LogP contribution in [0.3, 0.4) is 0 Å². The van der Waals surface area contributed by atoms with Gasteiger partial charge < -0.3 is 10.2 Å². The van der Waals surface area contributed by atoms with E-state index in [1.807, 2.05) is 74.5 Å². The van der Waals surface area contributed by atoms with Crippen LogP contribution in [0.1, 0.15) is 28.4 Å². The Morgan fingerprint density at radius 1 is 1.00 bits per heavy atom. The van der Waals surface area contributed by atoms with E-state index in [0.29, 0.717) is 6.42 Å². The number of nitrogens with one attached hydrogen (secondary N) is 1. The van der Waals surface area contributed by atoms with Crippen molar-refractivity contribution in [2.45, 2.75) is 30.4 Å². The van der Waals surface area contributed by atoms with Gasteiger partial charge in [-0.15, -0.1) is 11.8 Å². The molecule has 4 nitrogen and oxygen atoms in total. The van der Waals surface area contributed by atoms with Crippen molar-refractivity contribution < 1.29 is 9.59 Å². The number of fused-ring (bicyclic) bond motifs is 1. The number of anilines is 2. The Morgan fingerprint density at radius 2 is 1.73 bits per heavy atom. The first kappa shape index (κ1) is 20.2. The third-order valence-corrected chi connectivity index (χ3v) is 6.76. The number of carbonyl (C=O) groups excluding carboxylic acids is 2. The molecule has 1 N–H and O–H groups in total. The van der Waals surface area contributed by atoms with E-state index >= 15 is 0 Å².